The molecule has 0 radical (unpaired) electrons. The smallest absolute Gasteiger partial charge is 0.358 e. The SMILES string of the molecule is CN1CC[C@H](Nc2cc(C(F)(F)F)nc(N[C@H]3CCN(C)C3=O)n2)C1=O. The number of anilines is 2. The fourth-order valence-electron chi connectivity index (χ4n) is 2.98. The van der Waals surface area contributed by atoms with Crippen LogP contribution in [0.4, 0.5) is 24.9 Å². The van der Waals surface area contributed by atoms with E-state index in [1.54, 1.807) is 14.1 Å². The fourth-order valence-corrected chi connectivity index (χ4v) is 2.98. The van der Waals surface area contributed by atoms with Crippen LogP contribution in [0.5, 0.6) is 0 Å². The van der Waals surface area contributed by atoms with E-state index in [0.29, 0.717) is 25.9 Å². The van der Waals surface area contributed by atoms with Crippen molar-refractivity contribution in [2.75, 3.05) is 37.8 Å². The molecule has 3 heterocycles. The van der Waals surface area contributed by atoms with E-state index in [2.05, 4.69) is 20.6 Å². The van der Waals surface area contributed by atoms with Crippen molar-refractivity contribution in [3.63, 3.8) is 0 Å². The molecule has 142 valence electrons. The maximum atomic E-state index is 13.2. The summed E-state index contributed by atoms with van der Waals surface area (Å²) in [5, 5.41) is 5.41. The van der Waals surface area contributed by atoms with E-state index in [1.807, 2.05) is 0 Å². The van der Waals surface area contributed by atoms with Crippen molar-refractivity contribution < 1.29 is 22.8 Å². The van der Waals surface area contributed by atoms with E-state index in [4.69, 9.17) is 0 Å². The molecule has 1 aromatic rings. The van der Waals surface area contributed by atoms with Crippen molar-refractivity contribution in [1.29, 1.82) is 0 Å². The van der Waals surface area contributed by atoms with Gasteiger partial charge in [0.15, 0.2) is 5.69 Å². The molecule has 3 rings (SSSR count). The first-order valence-corrected chi connectivity index (χ1v) is 8.14. The number of nitrogens with one attached hydrogen (secondary N) is 2. The Bertz CT molecular complexity index is 676. The van der Waals surface area contributed by atoms with Gasteiger partial charge in [-0.1, -0.05) is 0 Å². The molecule has 0 unspecified atom stereocenters. The Hall–Kier alpha value is -2.59. The number of amides is 2. The lowest BCUT2D eigenvalue weighted by Crippen LogP contribution is -2.33. The standard InChI is InChI=1S/C15H19F3N6O2/c1-23-5-3-8(12(23)25)19-11-7-10(15(16,17)18)21-14(22-11)20-9-4-6-24(2)13(9)26/h7-9H,3-6H2,1-2H3,(H2,19,20,21,22)/t8-,9-/m0/s1. The minimum absolute atomic E-state index is 0.109. The number of nitrogens with zero attached hydrogens (tertiary/aromatic N) is 4. The van der Waals surface area contributed by atoms with Gasteiger partial charge in [0.25, 0.3) is 0 Å². The van der Waals surface area contributed by atoms with Crippen LogP contribution in [0.15, 0.2) is 6.07 Å². The second-order valence-electron chi connectivity index (χ2n) is 6.45. The molecule has 0 aromatic carbocycles. The normalized spacial score (nSPS) is 23.7. The van der Waals surface area contributed by atoms with Crippen molar-refractivity contribution in [1.82, 2.24) is 19.8 Å². The molecule has 0 spiro atoms. The van der Waals surface area contributed by atoms with Gasteiger partial charge in [-0.3, -0.25) is 9.59 Å². The van der Waals surface area contributed by atoms with Crippen LogP contribution in [0.2, 0.25) is 0 Å². The number of rotatable bonds is 4. The molecule has 0 aliphatic carbocycles. The first-order chi connectivity index (χ1) is 12.1. The molecule has 2 aliphatic rings. The Morgan fingerprint density at radius 1 is 1.00 bits per heavy atom. The molecule has 8 nitrogen and oxygen atoms in total. The van der Waals surface area contributed by atoms with Gasteiger partial charge in [0.1, 0.15) is 17.9 Å². The molecule has 26 heavy (non-hydrogen) atoms. The van der Waals surface area contributed by atoms with E-state index in [1.165, 1.54) is 9.80 Å². The Morgan fingerprint density at radius 3 is 2.00 bits per heavy atom. The first kappa shape index (κ1) is 18.2. The summed E-state index contributed by atoms with van der Waals surface area (Å²) in [4.78, 5) is 34.4. The van der Waals surface area contributed by atoms with Crippen molar-refractivity contribution >= 4 is 23.6 Å². The van der Waals surface area contributed by atoms with Gasteiger partial charge in [0.2, 0.25) is 17.8 Å². The van der Waals surface area contributed by atoms with Crippen LogP contribution in [-0.2, 0) is 15.8 Å². The topological polar surface area (TPSA) is 90.5 Å². The Kier molecular flexibility index (Phi) is 4.63. The zero-order valence-electron chi connectivity index (χ0n) is 14.3. The van der Waals surface area contributed by atoms with Gasteiger partial charge in [-0.2, -0.15) is 18.2 Å². The molecular formula is C15H19F3N6O2. The summed E-state index contributed by atoms with van der Waals surface area (Å²) < 4.78 is 39.5. The number of likely N-dealkylation sites (tertiary alicyclic amines) is 2. The van der Waals surface area contributed by atoms with Crippen LogP contribution in [-0.4, -0.2) is 70.9 Å². The molecule has 11 heteroatoms. The number of hydrogen-bond donors (Lipinski definition) is 2. The molecule has 0 bridgehead atoms. The average molecular weight is 372 g/mol. The molecule has 2 aliphatic heterocycles. The third-order valence-electron chi connectivity index (χ3n) is 4.50. The predicted octanol–water partition coefficient (Wildman–Crippen LogP) is 0.781. The van der Waals surface area contributed by atoms with E-state index in [-0.39, 0.29) is 23.6 Å². The molecule has 2 atom stereocenters. The van der Waals surface area contributed by atoms with E-state index in [9.17, 15) is 22.8 Å². The molecule has 2 fully saturated rings. The van der Waals surface area contributed by atoms with Crippen LogP contribution >= 0.6 is 0 Å². The zero-order valence-corrected chi connectivity index (χ0v) is 14.3. The lowest BCUT2D eigenvalue weighted by atomic mass is 10.2. The molecule has 0 saturated carbocycles. The van der Waals surface area contributed by atoms with E-state index in [0.717, 1.165) is 6.07 Å². The third-order valence-corrected chi connectivity index (χ3v) is 4.50. The maximum Gasteiger partial charge on any atom is 0.433 e. The number of likely N-dealkylation sites (N-methyl/N-ethyl adjacent to an activating group) is 2. The number of hydrogen-bond acceptors (Lipinski definition) is 6. The van der Waals surface area contributed by atoms with Crippen LogP contribution in [0.1, 0.15) is 18.5 Å². The van der Waals surface area contributed by atoms with Crippen LogP contribution < -0.4 is 10.6 Å². The number of alkyl halides is 3. The Balaban J connectivity index is 1.84. The number of carbonyl (C=O) groups excluding carboxylic acids is 2. The van der Waals surface area contributed by atoms with Crippen LogP contribution in [0.25, 0.3) is 0 Å². The summed E-state index contributed by atoms with van der Waals surface area (Å²) in [5.74, 6) is -0.843. The second-order valence-corrected chi connectivity index (χ2v) is 6.45. The van der Waals surface area contributed by atoms with Crippen molar-refractivity contribution in [2.45, 2.75) is 31.1 Å². The fraction of sp³-hybridized carbons (Fsp3) is 0.600. The highest BCUT2D eigenvalue weighted by atomic mass is 19.4. The number of carbonyl (C=O) groups is 2. The highest BCUT2D eigenvalue weighted by Gasteiger charge is 2.36. The highest BCUT2D eigenvalue weighted by Crippen LogP contribution is 2.30. The number of halogens is 3. The van der Waals surface area contributed by atoms with Gasteiger partial charge in [-0.25, -0.2) is 4.98 Å². The van der Waals surface area contributed by atoms with Gasteiger partial charge in [-0.05, 0) is 12.8 Å². The highest BCUT2D eigenvalue weighted by molar-refractivity contribution is 5.87. The summed E-state index contributed by atoms with van der Waals surface area (Å²) in [6.07, 6.45) is -3.76. The predicted molar refractivity (Wildman–Crippen MR) is 86.4 cm³/mol. The molecular weight excluding hydrogens is 353 g/mol. The Labute approximate surface area is 147 Å². The summed E-state index contributed by atoms with van der Waals surface area (Å²) in [5.41, 5.74) is -1.14. The van der Waals surface area contributed by atoms with Gasteiger partial charge in [-0.15, -0.1) is 0 Å². The van der Waals surface area contributed by atoms with Gasteiger partial charge in [0.05, 0.1) is 0 Å². The summed E-state index contributed by atoms with van der Waals surface area (Å²) >= 11 is 0. The zero-order chi connectivity index (χ0) is 19.1. The van der Waals surface area contributed by atoms with Crippen molar-refractivity contribution in [2.24, 2.45) is 0 Å². The summed E-state index contributed by atoms with van der Waals surface area (Å²) in [7, 11) is 3.24. The molecule has 1 aromatic heterocycles. The third kappa shape index (κ3) is 3.65. The summed E-state index contributed by atoms with van der Waals surface area (Å²) in [6, 6.07) is -0.544. The number of aromatic nitrogens is 2. The van der Waals surface area contributed by atoms with E-state index >= 15 is 0 Å². The monoisotopic (exact) mass is 372 g/mol. The average Bonchev–Trinajstić information content (AvgIpc) is 3.04. The molecule has 2 saturated heterocycles. The Morgan fingerprint density at radius 2 is 1.54 bits per heavy atom. The van der Waals surface area contributed by atoms with Gasteiger partial charge >= 0.3 is 6.18 Å². The molecule has 2 N–H and O–H groups in total. The van der Waals surface area contributed by atoms with Gasteiger partial charge < -0.3 is 20.4 Å². The molecule has 2 amide bonds. The second kappa shape index (κ2) is 6.61. The lowest BCUT2D eigenvalue weighted by molar-refractivity contribution is -0.141. The minimum Gasteiger partial charge on any atom is -0.358 e. The van der Waals surface area contributed by atoms with Crippen LogP contribution in [0.3, 0.4) is 0 Å². The first-order valence-electron chi connectivity index (χ1n) is 8.14. The van der Waals surface area contributed by atoms with E-state index < -0.39 is 24.0 Å². The summed E-state index contributed by atoms with van der Waals surface area (Å²) in [6.45, 7) is 1.02. The van der Waals surface area contributed by atoms with Crippen molar-refractivity contribution in [3.05, 3.63) is 11.8 Å². The lowest BCUT2D eigenvalue weighted by Gasteiger charge is -2.17. The maximum absolute atomic E-state index is 13.2. The van der Waals surface area contributed by atoms with Gasteiger partial charge in [0, 0.05) is 33.3 Å². The minimum atomic E-state index is -4.68. The van der Waals surface area contributed by atoms with Crippen LogP contribution in [0, 0.1) is 0 Å². The van der Waals surface area contributed by atoms with Crippen molar-refractivity contribution in [3.8, 4) is 0 Å². The largest absolute Gasteiger partial charge is 0.433 e. The quantitative estimate of drug-likeness (QED) is 0.812.